The predicted molar refractivity (Wildman–Crippen MR) is 70.9 cm³/mol. The molecule has 0 aromatic rings. The van der Waals surface area contributed by atoms with Gasteiger partial charge in [0, 0.05) is 31.2 Å². The minimum atomic E-state index is 0.240. The lowest BCUT2D eigenvalue weighted by atomic mass is 10.1. The first-order chi connectivity index (χ1) is 7.51. The van der Waals surface area contributed by atoms with Gasteiger partial charge in [-0.2, -0.15) is 0 Å². The largest absolute Gasteiger partial charge is 0.311 e. The molecule has 1 fully saturated rings. The molecule has 1 aliphatic heterocycles. The van der Waals surface area contributed by atoms with E-state index in [0.717, 1.165) is 13.1 Å². The molecule has 0 amide bonds. The fourth-order valence-corrected chi connectivity index (χ4v) is 2.22. The van der Waals surface area contributed by atoms with Gasteiger partial charge in [-0.1, -0.05) is 6.92 Å². The predicted octanol–water partition coefficient (Wildman–Crippen LogP) is 1.45. The van der Waals surface area contributed by atoms with Crippen molar-refractivity contribution in [1.29, 1.82) is 0 Å². The molecule has 0 aromatic carbocycles. The van der Waals surface area contributed by atoms with Gasteiger partial charge in [0.25, 0.3) is 0 Å². The zero-order valence-electron chi connectivity index (χ0n) is 11.5. The zero-order chi connectivity index (χ0) is 12.0. The summed E-state index contributed by atoms with van der Waals surface area (Å²) in [5.74, 6) is 0. The molecule has 2 N–H and O–H groups in total. The van der Waals surface area contributed by atoms with Crippen LogP contribution in [0.4, 0.5) is 0 Å². The number of rotatable bonds is 5. The van der Waals surface area contributed by atoms with Crippen LogP contribution in [0.2, 0.25) is 0 Å². The highest BCUT2D eigenvalue weighted by atomic mass is 15.2. The van der Waals surface area contributed by atoms with E-state index in [-0.39, 0.29) is 5.54 Å². The van der Waals surface area contributed by atoms with Crippen LogP contribution in [-0.4, -0.2) is 49.2 Å². The summed E-state index contributed by atoms with van der Waals surface area (Å²) >= 11 is 0. The Balaban J connectivity index is 2.08. The second-order valence-corrected chi connectivity index (χ2v) is 5.86. The van der Waals surface area contributed by atoms with Gasteiger partial charge in [-0.25, -0.2) is 0 Å². The topological polar surface area (TPSA) is 27.3 Å². The first-order valence-corrected chi connectivity index (χ1v) is 6.72. The van der Waals surface area contributed by atoms with E-state index in [1.807, 2.05) is 0 Å². The Labute approximate surface area is 101 Å². The summed E-state index contributed by atoms with van der Waals surface area (Å²) < 4.78 is 0. The summed E-state index contributed by atoms with van der Waals surface area (Å²) in [5, 5.41) is 7.16. The van der Waals surface area contributed by atoms with Crippen LogP contribution < -0.4 is 10.6 Å². The Morgan fingerprint density at radius 2 is 2.00 bits per heavy atom. The SMILES string of the molecule is CCN1CCCC(NCCNC(C)(C)C)C1. The number of nitrogens with zero attached hydrogens (tertiary/aromatic N) is 1. The van der Waals surface area contributed by atoms with E-state index in [2.05, 4.69) is 43.2 Å². The molecular formula is C13H29N3. The monoisotopic (exact) mass is 227 g/mol. The van der Waals surface area contributed by atoms with E-state index in [1.54, 1.807) is 0 Å². The highest BCUT2D eigenvalue weighted by molar-refractivity contribution is 4.78. The van der Waals surface area contributed by atoms with E-state index < -0.39 is 0 Å². The third kappa shape index (κ3) is 5.83. The molecule has 1 atom stereocenters. The van der Waals surface area contributed by atoms with Crippen LogP contribution in [-0.2, 0) is 0 Å². The van der Waals surface area contributed by atoms with Crippen LogP contribution in [0, 0.1) is 0 Å². The van der Waals surface area contributed by atoms with Crippen molar-refractivity contribution in [3.63, 3.8) is 0 Å². The molecule has 1 unspecified atom stereocenters. The molecule has 1 rings (SSSR count). The number of hydrogen-bond acceptors (Lipinski definition) is 3. The average molecular weight is 227 g/mol. The molecular weight excluding hydrogens is 198 g/mol. The minimum absolute atomic E-state index is 0.240. The zero-order valence-corrected chi connectivity index (χ0v) is 11.5. The minimum Gasteiger partial charge on any atom is -0.311 e. The average Bonchev–Trinajstić information content (AvgIpc) is 2.23. The number of nitrogens with one attached hydrogen (secondary N) is 2. The Morgan fingerprint density at radius 3 is 2.62 bits per heavy atom. The van der Waals surface area contributed by atoms with Gasteiger partial charge in [-0.15, -0.1) is 0 Å². The standard InChI is InChI=1S/C13H29N3/c1-5-16-10-6-7-12(11-16)14-8-9-15-13(2,3)4/h12,14-15H,5-11H2,1-4H3. The number of likely N-dealkylation sites (tertiary alicyclic amines) is 1. The van der Waals surface area contributed by atoms with Gasteiger partial charge in [0.05, 0.1) is 0 Å². The van der Waals surface area contributed by atoms with E-state index in [1.165, 1.54) is 32.5 Å². The fraction of sp³-hybridized carbons (Fsp3) is 1.00. The van der Waals surface area contributed by atoms with Crippen LogP contribution in [0.15, 0.2) is 0 Å². The van der Waals surface area contributed by atoms with Crippen LogP contribution >= 0.6 is 0 Å². The van der Waals surface area contributed by atoms with Gasteiger partial charge in [0.2, 0.25) is 0 Å². The van der Waals surface area contributed by atoms with E-state index >= 15 is 0 Å². The number of likely N-dealkylation sites (N-methyl/N-ethyl adjacent to an activating group) is 1. The molecule has 1 heterocycles. The van der Waals surface area contributed by atoms with Gasteiger partial charge >= 0.3 is 0 Å². The maximum absolute atomic E-state index is 3.65. The first-order valence-electron chi connectivity index (χ1n) is 6.72. The molecule has 0 bridgehead atoms. The summed E-state index contributed by atoms with van der Waals surface area (Å²) in [5.41, 5.74) is 0.240. The maximum atomic E-state index is 3.65. The van der Waals surface area contributed by atoms with Crippen molar-refractivity contribution in [2.24, 2.45) is 0 Å². The lowest BCUT2D eigenvalue weighted by Gasteiger charge is -2.32. The van der Waals surface area contributed by atoms with E-state index in [0.29, 0.717) is 6.04 Å². The molecule has 0 aliphatic carbocycles. The molecule has 16 heavy (non-hydrogen) atoms. The Bertz CT molecular complexity index is 186. The van der Waals surface area contributed by atoms with Crippen molar-refractivity contribution in [2.75, 3.05) is 32.7 Å². The van der Waals surface area contributed by atoms with Crippen LogP contribution in [0.5, 0.6) is 0 Å². The summed E-state index contributed by atoms with van der Waals surface area (Å²) in [6.45, 7) is 14.7. The Hall–Kier alpha value is -0.120. The molecule has 0 saturated carbocycles. The fourth-order valence-electron chi connectivity index (χ4n) is 2.22. The van der Waals surface area contributed by atoms with Gasteiger partial charge < -0.3 is 15.5 Å². The smallest absolute Gasteiger partial charge is 0.0196 e. The van der Waals surface area contributed by atoms with Crippen molar-refractivity contribution in [2.45, 2.75) is 52.1 Å². The Kier molecular flexibility index (Phi) is 5.73. The van der Waals surface area contributed by atoms with Gasteiger partial charge in [-0.3, -0.25) is 0 Å². The van der Waals surface area contributed by atoms with E-state index in [4.69, 9.17) is 0 Å². The molecule has 0 radical (unpaired) electrons. The second-order valence-electron chi connectivity index (χ2n) is 5.86. The molecule has 0 spiro atoms. The third-order valence-electron chi connectivity index (χ3n) is 3.17. The number of hydrogen-bond donors (Lipinski definition) is 2. The normalized spacial score (nSPS) is 23.6. The van der Waals surface area contributed by atoms with Crippen molar-refractivity contribution < 1.29 is 0 Å². The summed E-state index contributed by atoms with van der Waals surface area (Å²) in [4.78, 5) is 2.54. The maximum Gasteiger partial charge on any atom is 0.0196 e. The van der Waals surface area contributed by atoms with Crippen molar-refractivity contribution in [3.05, 3.63) is 0 Å². The Morgan fingerprint density at radius 1 is 1.25 bits per heavy atom. The van der Waals surface area contributed by atoms with Crippen molar-refractivity contribution in [3.8, 4) is 0 Å². The van der Waals surface area contributed by atoms with Crippen molar-refractivity contribution in [1.82, 2.24) is 15.5 Å². The quantitative estimate of drug-likeness (QED) is 0.696. The lowest BCUT2D eigenvalue weighted by Crippen LogP contribution is -2.48. The molecule has 1 saturated heterocycles. The summed E-state index contributed by atoms with van der Waals surface area (Å²) in [6, 6.07) is 0.704. The molecule has 0 aromatic heterocycles. The first kappa shape index (κ1) is 13.9. The highest BCUT2D eigenvalue weighted by Crippen LogP contribution is 2.08. The van der Waals surface area contributed by atoms with Gasteiger partial charge in [0.15, 0.2) is 0 Å². The van der Waals surface area contributed by atoms with Crippen molar-refractivity contribution >= 4 is 0 Å². The van der Waals surface area contributed by atoms with Crippen LogP contribution in [0.25, 0.3) is 0 Å². The summed E-state index contributed by atoms with van der Waals surface area (Å²) in [6.07, 6.45) is 2.68. The van der Waals surface area contributed by atoms with Gasteiger partial charge in [0.1, 0.15) is 0 Å². The molecule has 3 heteroatoms. The molecule has 3 nitrogen and oxygen atoms in total. The number of piperidine rings is 1. The summed E-state index contributed by atoms with van der Waals surface area (Å²) in [7, 11) is 0. The van der Waals surface area contributed by atoms with E-state index in [9.17, 15) is 0 Å². The van der Waals surface area contributed by atoms with Gasteiger partial charge in [-0.05, 0) is 46.7 Å². The van der Waals surface area contributed by atoms with Crippen LogP contribution in [0.1, 0.15) is 40.5 Å². The van der Waals surface area contributed by atoms with Crippen LogP contribution in [0.3, 0.4) is 0 Å². The highest BCUT2D eigenvalue weighted by Gasteiger charge is 2.17. The third-order valence-corrected chi connectivity index (χ3v) is 3.17. The lowest BCUT2D eigenvalue weighted by molar-refractivity contribution is 0.199. The molecule has 1 aliphatic rings. The molecule has 96 valence electrons. The second kappa shape index (κ2) is 6.58.